The van der Waals surface area contributed by atoms with E-state index in [0.717, 1.165) is 0 Å². The molecule has 1 amide bonds. The average molecular weight is 225 g/mol. The molecule has 0 heterocycles. The van der Waals surface area contributed by atoms with Gasteiger partial charge in [-0.1, -0.05) is 11.6 Å². The summed E-state index contributed by atoms with van der Waals surface area (Å²) in [6.07, 6.45) is 1.21. The summed E-state index contributed by atoms with van der Waals surface area (Å²) in [6, 6.07) is 0. The highest BCUT2D eigenvalue weighted by molar-refractivity contribution is 9.12. The van der Waals surface area contributed by atoms with Crippen LogP contribution in [-0.4, -0.2) is 18.1 Å². The molecule has 0 saturated heterocycles. The summed E-state index contributed by atoms with van der Waals surface area (Å²) < 4.78 is 0.245. The van der Waals surface area contributed by atoms with Gasteiger partial charge in [-0.15, -0.1) is 0 Å². The summed E-state index contributed by atoms with van der Waals surface area (Å²) in [6.45, 7) is 0. The van der Waals surface area contributed by atoms with Crippen LogP contribution >= 0.6 is 27.5 Å². The molecule has 0 rings (SSSR count). The molecule has 0 spiro atoms. The molecule has 0 aliphatic carbocycles. The minimum atomic E-state index is -0.301. The topological polar surface area (TPSA) is 53.0 Å². The van der Waals surface area contributed by atoms with Gasteiger partial charge in [-0.3, -0.25) is 10.2 Å². The van der Waals surface area contributed by atoms with Gasteiger partial charge in [0.1, 0.15) is 5.17 Å². The fourth-order valence-electron chi connectivity index (χ4n) is 0.296. The number of nitrogens with one attached hydrogen (secondary N) is 2. The van der Waals surface area contributed by atoms with Gasteiger partial charge in [0.25, 0.3) is 5.91 Å². The van der Waals surface area contributed by atoms with E-state index in [4.69, 9.17) is 17.0 Å². The monoisotopic (exact) mass is 224 g/mol. The molecule has 0 fully saturated rings. The van der Waals surface area contributed by atoms with Crippen molar-refractivity contribution in [1.82, 2.24) is 5.32 Å². The predicted octanol–water partition coefficient (Wildman–Crippen LogP) is 1.23. The second-order valence-corrected chi connectivity index (χ2v) is 2.68. The number of rotatable bonds is 2. The Morgan fingerprint density at radius 1 is 1.80 bits per heavy atom. The molecule has 0 radical (unpaired) electrons. The van der Waals surface area contributed by atoms with Gasteiger partial charge in [0.05, 0.1) is 4.48 Å². The van der Waals surface area contributed by atoms with Crippen molar-refractivity contribution >= 4 is 38.6 Å². The fraction of sp³-hybridized carbons (Fsp3) is 0.200. The Balaban J connectivity index is 4.19. The van der Waals surface area contributed by atoms with E-state index in [1.807, 2.05) is 0 Å². The Kier molecular flexibility index (Phi) is 4.31. The van der Waals surface area contributed by atoms with Crippen LogP contribution in [0.2, 0.25) is 0 Å². The third-order valence-corrected chi connectivity index (χ3v) is 1.40. The normalized spacial score (nSPS) is 10.9. The summed E-state index contributed by atoms with van der Waals surface area (Å²) in [4.78, 5) is 10.7. The first-order valence-corrected chi connectivity index (χ1v) is 3.58. The lowest BCUT2D eigenvalue weighted by Gasteiger charge is -1.94. The van der Waals surface area contributed by atoms with E-state index in [1.165, 1.54) is 13.1 Å². The van der Waals surface area contributed by atoms with Gasteiger partial charge in [0.15, 0.2) is 0 Å². The first-order valence-electron chi connectivity index (χ1n) is 2.41. The largest absolute Gasteiger partial charge is 0.355 e. The first-order chi connectivity index (χ1) is 4.57. The summed E-state index contributed by atoms with van der Waals surface area (Å²) in [7, 11) is 1.50. The number of carbonyl (C=O) groups excluding carboxylic acids is 1. The molecule has 0 saturated carbocycles. The predicted molar refractivity (Wildman–Crippen MR) is 44.7 cm³/mol. The van der Waals surface area contributed by atoms with E-state index >= 15 is 0 Å². The number of carbonyl (C=O) groups is 1. The van der Waals surface area contributed by atoms with Crippen LogP contribution in [0.25, 0.3) is 0 Å². The van der Waals surface area contributed by atoms with Crippen LogP contribution in [0.5, 0.6) is 0 Å². The highest BCUT2D eigenvalue weighted by Gasteiger charge is 2.01. The van der Waals surface area contributed by atoms with Crippen LogP contribution in [0.1, 0.15) is 0 Å². The van der Waals surface area contributed by atoms with Crippen molar-refractivity contribution in [2.45, 2.75) is 0 Å². The lowest BCUT2D eigenvalue weighted by Crippen LogP contribution is -2.17. The van der Waals surface area contributed by atoms with Gasteiger partial charge in [-0.05, 0) is 22.0 Å². The summed E-state index contributed by atoms with van der Waals surface area (Å²) in [5, 5.41) is 8.95. The molecule has 3 nitrogen and oxygen atoms in total. The zero-order valence-corrected chi connectivity index (χ0v) is 7.58. The minimum Gasteiger partial charge on any atom is -0.355 e. The van der Waals surface area contributed by atoms with Crippen molar-refractivity contribution in [2.75, 3.05) is 7.05 Å². The number of halogens is 2. The van der Waals surface area contributed by atoms with Gasteiger partial charge in [0.2, 0.25) is 0 Å². The van der Waals surface area contributed by atoms with Crippen molar-refractivity contribution in [3.05, 3.63) is 10.6 Å². The van der Waals surface area contributed by atoms with Crippen LogP contribution in [0, 0.1) is 5.41 Å². The van der Waals surface area contributed by atoms with E-state index in [2.05, 4.69) is 21.2 Å². The van der Waals surface area contributed by atoms with E-state index in [0.29, 0.717) is 0 Å². The van der Waals surface area contributed by atoms with Crippen LogP contribution in [0.4, 0.5) is 0 Å². The SMILES string of the molecule is CNC(=O)C(Br)=CC(=N)Cl. The highest BCUT2D eigenvalue weighted by atomic mass is 79.9. The number of allylic oxidation sites excluding steroid dienone is 1. The Morgan fingerprint density at radius 3 is 2.60 bits per heavy atom. The first kappa shape index (κ1) is 9.65. The minimum absolute atomic E-state index is 0.185. The second kappa shape index (κ2) is 4.46. The summed E-state index contributed by atoms with van der Waals surface area (Å²) in [5.74, 6) is -0.301. The van der Waals surface area contributed by atoms with E-state index < -0.39 is 0 Å². The molecule has 0 unspecified atom stereocenters. The Bertz CT molecular complexity index is 190. The van der Waals surface area contributed by atoms with Crippen molar-refractivity contribution in [1.29, 1.82) is 5.41 Å². The Labute approximate surface area is 72.1 Å². The molecule has 0 aromatic heterocycles. The smallest absolute Gasteiger partial charge is 0.258 e. The van der Waals surface area contributed by atoms with Crippen LogP contribution in [0.3, 0.4) is 0 Å². The molecule has 0 atom stereocenters. The molecular weight excluding hydrogens is 219 g/mol. The van der Waals surface area contributed by atoms with Crippen molar-refractivity contribution in [2.24, 2.45) is 0 Å². The van der Waals surface area contributed by atoms with Crippen LogP contribution in [0.15, 0.2) is 10.6 Å². The highest BCUT2D eigenvalue weighted by Crippen LogP contribution is 2.04. The zero-order chi connectivity index (χ0) is 8.15. The standard InChI is InChI=1S/C5H6BrClN2O/c1-9-5(10)3(6)2-4(7)8/h2,8H,1H3,(H,9,10). The van der Waals surface area contributed by atoms with E-state index in [1.54, 1.807) is 0 Å². The molecule has 0 aliphatic rings. The number of hydrogen-bond donors (Lipinski definition) is 2. The quantitative estimate of drug-likeness (QED) is 0.539. The lowest BCUT2D eigenvalue weighted by molar-refractivity contribution is -0.116. The van der Waals surface area contributed by atoms with Crippen LogP contribution < -0.4 is 5.32 Å². The molecule has 10 heavy (non-hydrogen) atoms. The maximum absolute atomic E-state index is 10.7. The molecule has 0 aliphatic heterocycles. The maximum atomic E-state index is 10.7. The van der Waals surface area contributed by atoms with Crippen LogP contribution in [-0.2, 0) is 4.79 Å². The zero-order valence-electron chi connectivity index (χ0n) is 5.24. The molecule has 56 valence electrons. The number of likely N-dealkylation sites (N-methyl/N-ethyl adjacent to an activating group) is 1. The Hall–Kier alpha value is -0.350. The van der Waals surface area contributed by atoms with Gasteiger partial charge < -0.3 is 5.32 Å². The van der Waals surface area contributed by atoms with Crippen molar-refractivity contribution in [3.8, 4) is 0 Å². The van der Waals surface area contributed by atoms with Gasteiger partial charge in [0, 0.05) is 7.05 Å². The Morgan fingerprint density at radius 2 is 2.30 bits per heavy atom. The number of amides is 1. The number of hydrogen-bond acceptors (Lipinski definition) is 2. The molecular formula is C5H6BrClN2O. The fourth-order valence-corrected chi connectivity index (χ4v) is 0.964. The summed E-state index contributed by atoms with van der Waals surface area (Å²) in [5.41, 5.74) is 0. The van der Waals surface area contributed by atoms with Crippen molar-refractivity contribution in [3.63, 3.8) is 0 Å². The third kappa shape index (κ3) is 3.63. The molecule has 5 heteroatoms. The van der Waals surface area contributed by atoms with Gasteiger partial charge in [-0.25, -0.2) is 0 Å². The molecule has 0 bridgehead atoms. The second-order valence-electron chi connectivity index (χ2n) is 1.42. The lowest BCUT2D eigenvalue weighted by atomic mass is 10.5. The summed E-state index contributed by atoms with van der Waals surface area (Å²) >= 11 is 8.10. The van der Waals surface area contributed by atoms with E-state index in [-0.39, 0.29) is 15.6 Å². The third-order valence-electron chi connectivity index (χ3n) is 0.697. The van der Waals surface area contributed by atoms with Gasteiger partial charge in [-0.2, -0.15) is 0 Å². The molecule has 0 aromatic carbocycles. The van der Waals surface area contributed by atoms with Gasteiger partial charge >= 0.3 is 0 Å². The molecule has 2 N–H and O–H groups in total. The maximum Gasteiger partial charge on any atom is 0.258 e. The van der Waals surface area contributed by atoms with Crippen molar-refractivity contribution < 1.29 is 4.79 Å². The average Bonchev–Trinajstić information content (AvgIpc) is 1.85. The molecule has 0 aromatic rings. The van der Waals surface area contributed by atoms with E-state index in [9.17, 15) is 4.79 Å².